The number of β-amino-alcohol motifs (C(OH)–C–C–N with tert-alkyl or cyclic N) is 1. The van der Waals surface area contributed by atoms with Crippen molar-refractivity contribution in [1.29, 1.82) is 0 Å². The molecule has 1 atom stereocenters. The molecule has 6 heteroatoms. The second kappa shape index (κ2) is 6.75. The molecule has 1 aliphatic rings. The van der Waals surface area contributed by atoms with Gasteiger partial charge in [-0.05, 0) is 33.6 Å². The first-order chi connectivity index (χ1) is 8.78. The molecule has 0 aromatic carbocycles. The molecule has 19 heavy (non-hydrogen) atoms. The fourth-order valence-corrected chi connectivity index (χ4v) is 1.89. The van der Waals surface area contributed by atoms with Gasteiger partial charge in [-0.1, -0.05) is 0 Å². The molecule has 0 bridgehead atoms. The van der Waals surface area contributed by atoms with Crippen LogP contribution in [0.25, 0.3) is 0 Å². The molecule has 0 spiro atoms. The highest BCUT2D eigenvalue weighted by Gasteiger charge is 2.21. The van der Waals surface area contributed by atoms with Crippen LogP contribution in [0.4, 0.5) is 4.79 Å². The topological polar surface area (TPSA) is 78.9 Å². The quantitative estimate of drug-likeness (QED) is 0.796. The van der Waals surface area contributed by atoms with Crippen LogP contribution in [0.1, 0.15) is 40.0 Å². The summed E-state index contributed by atoms with van der Waals surface area (Å²) < 4.78 is 5.06. The summed E-state index contributed by atoms with van der Waals surface area (Å²) in [5.74, 6) is 0.0718. The number of alkyl carbamates (subject to hydrolysis) is 1. The molecule has 110 valence electrons. The van der Waals surface area contributed by atoms with E-state index < -0.39 is 17.8 Å². The molecule has 0 aliphatic carbocycles. The standard InChI is InChI=1S/C13H24N2O4/c1-13(2,3)19-12(18)14-8-10(16)9-15-7-5-4-6-11(15)17/h10,16H,4-9H2,1-3H3,(H,14,18). The molecule has 1 saturated heterocycles. The average molecular weight is 272 g/mol. The number of rotatable bonds is 4. The third-order valence-electron chi connectivity index (χ3n) is 2.73. The largest absolute Gasteiger partial charge is 0.444 e. The van der Waals surface area contributed by atoms with Crippen LogP contribution in [0, 0.1) is 0 Å². The van der Waals surface area contributed by atoms with Gasteiger partial charge in [0, 0.05) is 26.1 Å². The summed E-state index contributed by atoms with van der Waals surface area (Å²) in [6.07, 6.45) is 1.11. The number of carbonyl (C=O) groups excluding carboxylic acids is 2. The number of likely N-dealkylation sites (tertiary alicyclic amines) is 1. The fraction of sp³-hybridized carbons (Fsp3) is 0.846. The van der Waals surface area contributed by atoms with Gasteiger partial charge in [-0.2, -0.15) is 0 Å². The van der Waals surface area contributed by atoms with Crippen LogP contribution in [-0.4, -0.2) is 53.3 Å². The minimum atomic E-state index is -0.769. The highest BCUT2D eigenvalue weighted by Crippen LogP contribution is 2.10. The van der Waals surface area contributed by atoms with E-state index in [0.29, 0.717) is 13.0 Å². The number of carbonyl (C=O) groups is 2. The molecule has 1 fully saturated rings. The first kappa shape index (κ1) is 15.8. The Labute approximate surface area is 114 Å². The maximum atomic E-state index is 11.6. The number of aliphatic hydroxyl groups is 1. The van der Waals surface area contributed by atoms with Crippen LogP contribution in [0.2, 0.25) is 0 Å². The van der Waals surface area contributed by atoms with Gasteiger partial charge in [0.1, 0.15) is 5.60 Å². The summed E-state index contributed by atoms with van der Waals surface area (Å²) in [7, 11) is 0. The van der Waals surface area contributed by atoms with Gasteiger partial charge in [-0.15, -0.1) is 0 Å². The summed E-state index contributed by atoms with van der Waals surface area (Å²) in [4.78, 5) is 24.6. The van der Waals surface area contributed by atoms with Crippen LogP contribution < -0.4 is 5.32 Å². The van der Waals surface area contributed by atoms with E-state index >= 15 is 0 Å². The molecule has 6 nitrogen and oxygen atoms in total. The van der Waals surface area contributed by atoms with Gasteiger partial charge < -0.3 is 20.1 Å². The summed E-state index contributed by atoms with van der Waals surface area (Å²) in [6, 6.07) is 0. The van der Waals surface area contributed by atoms with E-state index in [1.54, 1.807) is 25.7 Å². The van der Waals surface area contributed by atoms with Gasteiger partial charge in [0.15, 0.2) is 0 Å². The first-order valence-electron chi connectivity index (χ1n) is 6.70. The molecule has 1 aliphatic heterocycles. The third-order valence-corrected chi connectivity index (χ3v) is 2.73. The number of ether oxygens (including phenoxy) is 1. The van der Waals surface area contributed by atoms with Crippen LogP contribution in [0.5, 0.6) is 0 Å². The van der Waals surface area contributed by atoms with Gasteiger partial charge in [-0.25, -0.2) is 4.79 Å². The van der Waals surface area contributed by atoms with Crippen LogP contribution >= 0.6 is 0 Å². The molecule has 1 heterocycles. The van der Waals surface area contributed by atoms with E-state index in [1.807, 2.05) is 0 Å². The fourth-order valence-electron chi connectivity index (χ4n) is 1.89. The van der Waals surface area contributed by atoms with Gasteiger partial charge in [0.25, 0.3) is 0 Å². The predicted molar refractivity (Wildman–Crippen MR) is 70.7 cm³/mol. The summed E-state index contributed by atoms with van der Waals surface area (Å²) >= 11 is 0. The van der Waals surface area contributed by atoms with Crippen molar-refractivity contribution < 1.29 is 19.4 Å². The number of amides is 2. The second-order valence-electron chi connectivity index (χ2n) is 5.83. The Morgan fingerprint density at radius 1 is 1.47 bits per heavy atom. The highest BCUT2D eigenvalue weighted by molar-refractivity contribution is 5.76. The molecule has 0 aromatic heterocycles. The van der Waals surface area contributed by atoms with Gasteiger partial charge >= 0.3 is 6.09 Å². The monoisotopic (exact) mass is 272 g/mol. The number of nitrogens with zero attached hydrogens (tertiary/aromatic N) is 1. The zero-order valence-corrected chi connectivity index (χ0v) is 11.9. The second-order valence-corrected chi connectivity index (χ2v) is 5.83. The van der Waals surface area contributed by atoms with Crippen molar-refractivity contribution in [3.05, 3.63) is 0 Å². The molecular formula is C13H24N2O4. The Balaban J connectivity index is 2.25. The van der Waals surface area contributed by atoms with Crippen molar-refractivity contribution in [2.75, 3.05) is 19.6 Å². The lowest BCUT2D eigenvalue weighted by Gasteiger charge is -2.29. The summed E-state index contributed by atoms with van der Waals surface area (Å²) in [5, 5.41) is 12.3. The Bertz CT molecular complexity index is 325. The van der Waals surface area contributed by atoms with E-state index in [-0.39, 0.29) is 19.0 Å². The number of hydrogen-bond acceptors (Lipinski definition) is 4. The van der Waals surface area contributed by atoms with Crippen LogP contribution in [-0.2, 0) is 9.53 Å². The van der Waals surface area contributed by atoms with E-state index in [4.69, 9.17) is 4.74 Å². The molecule has 0 saturated carbocycles. The lowest BCUT2D eigenvalue weighted by Crippen LogP contribution is -2.45. The van der Waals surface area contributed by atoms with E-state index in [1.165, 1.54) is 0 Å². The Hall–Kier alpha value is -1.30. The third kappa shape index (κ3) is 6.42. The lowest BCUT2D eigenvalue weighted by atomic mass is 10.1. The molecule has 0 aromatic rings. The Morgan fingerprint density at radius 3 is 2.74 bits per heavy atom. The average Bonchev–Trinajstić information content (AvgIpc) is 2.27. The van der Waals surface area contributed by atoms with Crippen LogP contribution in [0.15, 0.2) is 0 Å². The minimum absolute atomic E-state index is 0.0718. The zero-order chi connectivity index (χ0) is 14.5. The predicted octanol–water partition coefficient (Wildman–Crippen LogP) is 0.884. The van der Waals surface area contributed by atoms with E-state index in [2.05, 4.69) is 5.32 Å². The maximum Gasteiger partial charge on any atom is 0.407 e. The number of piperidine rings is 1. The SMILES string of the molecule is CC(C)(C)OC(=O)NCC(O)CN1CCCCC1=O. The van der Waals surface area contributed by atoms with Crippen molar-refractivity contribution in [2.24, 2.45) is 0 Å². The molecule has 1 unspecified atom stereocenters. The summed E-state index contributed by atoms with van der Waals surface area (Å²) in [6.45, 7) is 6.34. The van der Waals surface area contributed by atoms with E-state index in [9.17, 15) is 14.7 Å². The number of hydrogen-bond donors (Lipinski definition) is 2. The van der Waals surface area contributed by atoms with Crippen LogP contribution in [0.3, 0.4) is 0 Å². The Morgan fingerprint density at radius 2 is 2.16 bits per heavy atom. The van der Waals surface area contributed by atoms with Crippen molar-refractivity contribution in [3.63, 3.8) is 0 Å². The summed E-state index contributed by atoms with van der Waals surface area (Å²) in [5.41, 5.74) is -0.558. The highest BCUT2D eigenvalue weighted by atomic mass is 16.6. The van der Waals surface area contributed by atoms with E-state index in [0.717, 1.165) is 12.8 Å². The molecular weight excluding hydrogens is 248 g/mol. The molecule has 2 N–H and O–H groups in total. The lowest BCUT2D eigenvalue weighted by molar-refractivity contribution is -0.134. The zero-order valence-electron chi connectivity index (χ0n) is 11.9. The van der Waals surface area contributed by atoms with Gasteiger partial charge in [0.05, 0.1) is 6.10 Å². The molecule has 0 radical (unpaired) electrons. The molecule has 1 rings (SSSR count). The smallest absolute Gasteiger partial charge is 0.407 e. The Kier molecular flexibility index (Phi) is 5.60. The number of nitrogens with one attached hydrogen (secondary N) is 1. The number of aliphatic hydroxyl groups excluding tert-OH is 1. The normalized spacial score (nSPS) is 18.1. The molecule has 2 amide bonds. The van der Waals surface area contributed by atoms with Crippen molar-refractivity contribution in [3.8, 4) is 0 Å². The van der Waals surface area contributed by atoms with Crippen molar-refractivity contribution in [2.45, 2.75) is 51.7 Å². The van der Waals surface area contributed by atoms with Crippen molar-refractivity contribution >= 4 is 12.0 Å². The van der Waals surface area contributed by atoms with Crippen molar-refractivity contribution in [1.82, 2.24) is 10.2 Å². The maximum absolute atomic E-state index is 11.6. The van der Waals surface area contributed by atoms with Gasteiger partial charge in [-0.3, -0.25) is 4.79 Å². The minimum Gasteiger partial charge on any atom is -0.444 e. The first-order valence-corrected chi connectivity index (χ1v) is 6.70. The van der Waals surface area contributed by atoms with Gasteiger partial charge in [0.2, 0.25) is 5.91 Å².